The summed E-state index contributed by atoms with van der Waals surface area (Å²) in [5, 5.41) is 12.4. The zero-order valence-corrected chi connectivity index (χ0v) is 8.79. The molecule has 1 atom stereocenters. The SMILES string of the molecule is CNCC1CCN(C[C@H](C)O)CC1. The number of aliphatic hydroxyl groups is 1. The predicted molar refractivity (Wildman–Crippen MR) is 54.8 cm³/mol. The zero-order chi connectivity index (χ0) is 9.68. The summed E-state index contributed by atoms with van der Waals surface area (Å²) in [4.78, 5) is 2.36. The van der Waals surface area contributed by atoms with Crippen LogP contribution < -0.4 is 5.32 Å². The fraction of sp³-hybridized carbons (Fsp3) is 1.00. The molecule has 0 saturated carbocycles. The van der Waals surface area contributed by atoms with Crippen LogP contribution in [0.15, 0.2) is 0 Å². The van der Waals surface area contributed by atoms with Gasteiger partial charge >= 0.3 is 0 Å². The number of likely N-dealkylation sites (tertiary alicyclic amines) is 1. The molecular formula is C10H22N2O. The van der Waals surface area contributed by atoms with Crippen LogP contribution in [-0.2, 0) is 0 Å². The van der Waals surface area contributed by atoms with Gasteiger partial charge in [-0.1, -0.05) is 0 Å². The van der Waals surface area contributed by atoms with E-state index in [1.807, 2.05) is 14.0 Å². The van der Waals surface area contributed by atoms with Gasteiger partial charge in [0.25, 0.3) is 0 Å². The van der Waals surface area contributed by atoms with E-state index in [0.717, 1.165) is 32.1 Å². The lowest BCUT2D eigenvalue weighted by molar-refractivity contribution is 0.100. The van der Waals surface area contributed by atoms with Crippen LogP contribution in [0.2, 0.25) is 0 Å². The van der Waals surface area contributed by atoms with E-state index < -0.39 is 0 Å². The molecular weight excluding hydrogens is 164 g/mol. The molecule has 3 nitrogen and oxygen atoms in total. The lowest BCUT2D eigenvalue weighted by atomic mass is 9.97. The summed E-state index contributed by atoms with van der Waals surface area (Å²) < 4.78 is 0. The van der Waals surface area contributed by atoms with Crippen LogP contribution in [0.25, 0.3) is 0 Å². The maximum absolute atomic E-state index is 9.22. The first kappa shape index (κ1) is 11.0. The van der Waals surface area contributed by atoms with Gasteiger partial charge in [-0.25, -0.2) is 0 Å². The van der Waals surface area contributed by atoms with Crippen molar-refractivity contribution >= 4 is 0 Å². The van der Waals surface area contributed by atoms with Crippen LogP contribution >= 0.6 is 0 Å². The lowest BCUT2D eigenvalue weighted by Crippen LogP contribution is -2.39. The van der Waals surface area contributed by atoms with E-state index in [0.29, 0.717) is 0 Å². The highest BCUT2D eigenvalue weighted by Crippen LogP contribution is 2.16. The Labute approximate surface area is 81.1 Å². The number of aliphatic hydroxyl groups excluding tert-OH is 1. The van der Waals surface area contributed by atoms with Gasteiger partial charge in [-0.3, -0.25) is 0 Å². The van der Waals surface area contributed by atoms with Crippen LogP contribution in [0.5, 0.6) is 0 Å². The normalized spacial score (nSPS) is 23.3. The molecule has 1 saturated heterocycles. The predicted octanol–water partition coefficient (Wildman–Crippen LogP) is 0.299. The number of piperidine rings is 1. The quantitative estimate of drug-likeness (QED) is 0.663. The summed E-state index contributed by atoms with van der Waals surface area (Å²) in [6.07, 6.45) is 2.36. The Morgan fingerprint density at radius 2 is 2.08 bits per heavy atom. The molecule has 0 aromatic rings. The topological polar surface area (TPSA) is 35.5 Å². The van der Waals surface area contributed by atoms with Gasteiger partial charge in [-0.05, 0) is 52.4 Å². The third-order valence-electron chi connectivity index (χ3n) is 2.72. The molecule has 0 unspecified atom stereocenters. The van der Waals surface area contributed by atoms with Crippen molar-refractivity contribution in [2.45, 2.75) is 25.9 Å². The van der Waals surface area contributed by atoms with Gasteiger partial charge in [0.2, 0.25) is 0 Å². The first-order valence-corrected chi connectivity index (χ1v) is 5.27. The van der Waals surface area contributed by atoms with Crippen molar-refractivity contribution in [2.75, 3.05) is 33.2 Å². The van der Waals surface area contributed by atoms with Crippen molar-refractivity contribution in [3.05, 3.63) is 0 Å². The summed E-state index contributed by atoms with van der Waals surface area (Å²) in [7, 11) is 2.02. The van der Waals surface area contributed by atoms with E-state index >= 15 is 0 Å². The Kier molecular flexibility index (Phi) is 4.70. The van der Waals surface area contributed by atoms with Crippen LogP contribution in [0.4, 0.5) is 0 Å². The lowest BCUT2D eigenvalue weighted by Gasteiger charge is -2.32. The van der Waals surface area contributed by atoms with E-state index in [4.69, 9.17) is 0 Å². The van der Waals surface area contributed by atoms with Gasteiger partial charge in [0, 0.05) is 6.54 Å². The smallest absolute Gasteiger partial charge is 0.0639 e. The minimum absolute atomic E-state index is 0.180. The number of nitrogens with one attached hydrogen (secondary N) is 1. The molecule has 13 heavy (non-hydrogen) atoms. The van der Waals surface area contributed by atoms with E-state index in [-0.39, 0.29) is 6.10 Å². The molecule has 0 aromatic carbocycles. The average molecular weight is 186 g/mol. The molecule has 1 aliphatic rings. The number of rotatable bonds is 4. The van der Waals surface area contributed by atoms with Gasteiger partial charge < -0.3 is 15.3 Å². The Bertz CT molecular complexity index is 131. The van der Waals surface area contributed by atoms with Gasteiger partial charge in [0.05, 0.1) is 6.10 Å². The third kappa shape index (κ3) is 4.07. The van der Waals surface area contributed by atoms with Crippen molar-refractivity contribution < 1.29 is 5.11 Å². The molecule has 0 radical (unpaired) electrons. The Morgan fingerprint density at radius 3 is 2.54 bits per heavy atom. The van der Waals surface area contributed by atoms with Gasteiger partial charge in [0.15, 0.2) is 0 Å². The molecule has 1 rings (SSSR count). The third-order valence-corrected chi connectivity index (χ3v) is 2.72. The minimum atomic E-state index is -0.180. The number of nitrogens with zero attached hydrogens (tertiary/aromatic N) is 1. The molecule has 1 heterocycles. The fourth-order valence-corrected chi connectivity index (χ4v) is 2.04. The average Bonchev–Trinajstić information content (AvgIpc) is 2.08. The highest BCUT2D eigenvalue weighted by Gasteiger charge is 2.18. The molecule has 0 aromatic heterocycles. The van der Waals surface area contributed by atoms with Crippen molar-refractivity contribution in [1.82, 2.24) is 10.2 Å². The number of hydrogen-bond acceptors (Lipinski definition) is 3. The Hall–Kier alpha value is -0.120. The molecule has 1 fully saturated rings. The van der Waals surface area contributed by atoms with E-state index in [1.165, 1.54) is 12.8 Å². The van der Waals surface area contributed by atoms with E-state index in [2.05, 4.69) is 10.2 Å². The van der Waals surface area contributed by atoms with Gasteiger partial charge in [-0.2, -0.15) is 0 Å². The standard InChI is InChI=1S/C10H22N2O/c1-9(13)8-12-5-3-10(4-6-12)7-11-2/h9-11,13H,3-8H2,1-2H3/t9-/m0/s1. The molecule has 0 spiro atoms. The summed E-state index contributed by atoms with van der Waals surface area (Å²) in [5.41, 5.74) is 0. The largest absolute Gasteiger partial charge is 0.392 e. The van der Waals surface area contributed by atoms with Crippen molar-refractivity contribution in [3.63, 3.8) is 0 Å². The maximum Gasteiger partial charge on any atom is 0.0639 e. The van der Waals surface area contributed by atoms with E-state index in [9.17, 15) is 5.11 Å². The Morgan fingerprint density at radius 1 is 1.46 bits per heavy atom. The highest BCUT2D eigenvalue weighted by atomic mass is 16.3. The van der Waals surface area contributed by atoms with Crippen molar-refractivity contribution in [2.24, 2.45) is 5.92 Å². The summed E-state index contributed by atoms with van der Waals surface area (Å²) in [6.45, 7) is 6.14. The Balaban J connectivity index is 2.15. The van der Waals surface area contributed by atoms with Gasteiger partial charge in [-0.15, -0.1) is 0 Å². The molecule has 3 heteroatoms. The van der Waals surface area contributed by atoms with Crippen molar-refractivity contribution in [1.29, 1.82) is 0 Å². The number of hydrogen-bond donors (Lipinski definition) is 2. The zero-order valence-electron chi connectivity index (χ0n) is 8.79. The van der Waals surface area contributed by atoms with Crippen LogP contribution in [0.3, 0.4) is 0 Å². The molecule has 0 aliphatic carbocycles. The van der Waals surface area contributed by atoms with Crippen LogP contribution in [0.1, 0.15) is 19.8 Å². The maximum atomic E-state index is 9.22. The highest BCUT2D eigenvalue weighted by molar-refractivity contribution is 4.74. The summed E-state index contributed by atoms with van der Waals surface area (Å²) in [5.74, 6) is 0.843. The van der Waals surface area contributed by atoms with Crippen molar-refractivity contribution in [3.8, 4) is 0 Å². The molecule has 0 amide bonds. The molecule has 0 bridgehead atoms. The number of β-amino-alcohol motifs (C(OH)–C–C–N with tert-alkyl or cyclic N) is 1. The summed E-state index contributed by atoms with van der Waals surface area (Å²) in [6, 6.07) is 0. The first-order valence-electron chi connectivity index (χ1n) is 5.27. The molecule has 1 aliphatic heterocycles. The first-order chi connectivity index (χ1) is 6.22. The van der Waals surface area contributed by atoms with E-state index in [1.54, 1.807) is 0 Å². The van der Waals surface area contributed by atoms with Crippen LogP contribution in [-0.4, -0.2) is 49.3 Å². The molecule has 78 valence electrons. The monoisotopic (exact) mass is 186 g/mol. The second-order valence-corrected chi connectivity index (χ2v) is 4.15. The second-order valence-electron chi connectivity index (χ2n) is 4.15. The fourth-order valence-electron chi connectivity index (χ4n) is 2.04. The van der Waals surface area contributed by atoms with Crippen LogP contribution in [0, 0.1) is 5.92 Å². The minimum Gasteiger partial charge on any atom is -0.392 e. The molecule has 2 N–H and O–H groups in total. The second kappa shape index (κ2) is 5.58. The van der Waals surface area contributed by atoms with Gasteiger partial charge in [0.1, 0.15) is 0 Å². The summed E-state index contributed by atoms with van der Waals surface area (Å²) >= 11 is 0.